The molecule has 2 fully saturated rings. The van der Waals surface area contributed by atoms with Crippen LogP contribution in [0.1, 0.15) is 56.6 Å². The highest BCUT2D eigenvalue weighted by Gasteiger charge is 2.36. The van der Waals surface area contributed by atoms with Crippen LogP contribution in [0, 0.1) is 5.92 Å². The van der Waals surface area contributed by atoms with Gasteiger partial charge in [-0.25, -0.2) is 0 Å². The molecule has 1 saturated heterocycles. The van der Waals surface area contributed by atoms with Crippen LogP contribution in [-0.2, 0) is 4.79 Å². The summed E-state index contributed by atoms with van der Waals surface area (Å²) in [5.41, 5.74) is 7.34. The van der Waals surface area contributed by atoms with Crippen molar-refractivity contribution in [3.05, 3.63) is 35.9 Å². The molecule has 1 heterocycles. The molecule has 2 aliphatic rings. The molecular formula is C18H26N2O. The number of hydrogen-bond donors (Lipinski definition) is 1. The summed E-state index contributed by atoms with van der Waals surface area (Å²) in [6.07, 6.45) is 7.65. The molecule has 1 saturated carbocycles. The first-order chi connectivity index (χ1) is 10.3. The van der Waals surface area contributed by atoms with E-state index in [4.69, 9.17) is 5.73 Å². The number of rotatable bonds is 4. The lowest BCUT2D eigenvalue weighted by molar-refractivity contribution is -0.136. The van der Waals surface area contributed by atoms with Crippen LogP contribution in [0.5, 0.6) is 0 Å². The SMILES string of the molecule is NC(CCC(=O)N1CCCC2CCCC21)c1ccccc1. The van der Waals surface area contributed by atoms with Crippen molar-refractivity contribution < 1.29 is 4.79 Å². The third-order valence-electron chi connectivity index (χ3n) is 5.21. The van der Waals surface area contributed by atoms with Crippen molar-refractivity contribution in [2.24, 2.45) is 11.7 Å². The van der Waals surface area contributed by atoms with Gasteiger partial charge in [0.25, 0.3) is 0 Å². The molecule has 1 amide bonds. The summed E-state index contributed by atoms with van der Waals surface area (Å²) in [4.78, 5) is 14.7. The predicted octanol–water partition coefficient (Wildman–Crippen LogP) is 3.26. The van der Waals surface area contributed by atoms with E-state index in [9.17, 15) is 4.79 Å². The fourth-order valence-electron chi connectivity index (χ4n) is 4.05. The first kappa shape index (κ1) is 14.6. The number of nitrogens with two attached hydrogens (primary N) is 1. The molecule has 3 unspecified atom stereocenters. The average molecular weight is 286 g/mol. The summed E-state index contributed by atoms with van der Waals surface area (Å²) in [6.45, 7) is 0.959. The highest BCUT2D eigenvalue weighted by atomic mass is 16.2. The summed E-state index contributed by atoms with van der Waals surface area (Å²) in [7, 11) is 0. The van der Waals surface area contributed by atoms with Crippen molar-refractivity contribution in [3.8, 4) is 0 Å². The number of nitrogens with zero attached hydrogens (tertiary/aromatic N) is 1. The Morgan fingerprint density at radius 2 is 1.95 bits per heavy atom. The molecule has 1 aliphatic carbocycles. The molecule has 3 atom stereocenters. The van der Waals surface area contributed by atoms with Gasteiger partial charge in [0.15, 0.2) is 0 Å². The topological polar surface area (TPSA) is 46.3 Å². The number of fused-ring (bicyclic) bond motifs is 1. The zero-order chi connectivity index (χ0) is 14.7. The van der Waals surface area contributed by atoms with Crippen LogP contribution in [0.25, 0.3) is 0 Å². The van der Waals surface area contributed by atoms with E-state index < -0.39 is 0 Å². The Labute approximate surface area is 127 Å². The Balaban J connectivity index is 1.54. The average Bonchev–Trinajstić information content (AvgIpc) is 3.01. The zero-order valence-electron chi connectivity index (χ0n) is 12.7. The van der Waals surface area contributed by atoms with Crippen LogP contribution in [0.4, 0.5) is 0 Å². The first-order valence-corrected chi connectivity index (χ1v) is 8.35. The molecule has 1 aromatic rings. The monoisotopic (exact) mass is 286 g/mol. The van der Waals surface area contributed by atoms with Gasteiger partial charge in [0.2, 0.25) is 5.91 Å². The number of likely N-dealkylation sites (tertiary alicyclic amines) is 1. The molecule has 21 heavy (non-hydrogen) atoms. The van der Waals surface area contributed by atoms with Crippen molar-refractivity contribution >= 4 is 5.91 Å². The second-order valence-corrected chi connectivity index (χ2v) is 6.54. The fourth-order valence-corrected chi connectivity index (χ4v) is 4.05. The Bertz CT molecular complexity index is 473. The van der Waals surface area contributed by atoms with Gasteiger partial charge in [0.05, 0.1) is 0 Å². The lowest BCUT2D eigenvalue weighted by Gasteiger charge is -2.38. The van der Waals surface area contributed by atoms with Crippen LogP contribution in [0.3, 0.4) is 0 Å². The Hall–Kier alpha value is -1.35. The molecule has 3 nitrogen and oxygen atoms in total. The number of carbonyl (C=O) groups excluding carboxylic acids is 1. The van der Waals surface area contributed by atoms with E-state index in [1.54, 1.807) is 0 Å². The first-order valence-electron chi connectivity index (χ1n) is 8.35. The smallest absolute Gasteiger partial charge is 0.222 e. The summed E-state index contributed by atoms with van der Waals surface area (Å²) < 4.78 is 0. The standard InChI is InChI=1S/C18H26N2O/c19-16(14-6-2-1-3-7-14)11-12-18(21)20-13-5-9-15-8-4-10-17(15)20/h1-3,6-7,15-17H,4-5,8-13,19H2. The molecule has 114 valence electrons. The number of carbonyl (C=O) groups is 1. The minimum absolute atomic E-state index is 0.0284. The van der Waals surface area contributed by atoms with Gasteiger partial charge >= 0.3 is 0 Å². The molecule has 1 aliphatic heterocycles. The number of hydrogen-bond acceptors (Lipinski definition) is 2. The minimum atomic E-state index is -0.0284. The summed E-state index contributed by atoms with van der Waals surface area (Å²) >= 11 is 0. The van der Waals surface area contributed by atoms with Crippen molar-refractivity contribution in [2.75, 3.05) is 6.54 Å². The highest BCUT2D eigenvalue weighted by Crippen LogP contribution is 2.37. The van der Waals surface area contributed by atoms with E-state index in [-0.39, 0.29) is 6.04 Å². The molecule has 1 aromatic carbocycles. The Kier molecular flexibility index (Phi) is 4.59. The van der Waals surface area contributed by atoms with E-state index in [0.29, 0.717) is 18.4 Å². The van der Waals surface area contributed by atoms with Gasteiger partial charge in [-0.3, -0.25) is 4.79 Å². The summed E-state index contributed by atoms with van der Waals surface area (Å²) in [6, 6.07) is 10.6. The Morgan fingerprint density at radius 3 is 2.76 bits per heavy atom. The van der Waals surface area contributed by atoms with Gasteiger partial charge in [-0.05, 0) is 43.6 Å². The van der Waals surface area contributed by atoms with Crippen LogP contribution < -0.4 is 5.73 Å². The third-order valence-corrected chi connectivity index (χ3v) is 5.21. The number of piperidine rings is 1. The van der Waals surface area contributed by atoms with Gasteiger partial charge in [-0.1, -0.05) is 36.8 Å². The molecule has 0 radical (unpaired) electrons. The summed E-state index contributed by atoms with van der Waals surface area (Å²) in [5.74, 6) is 1.09. The molecule has 0 bridgehead atoms. The number of amides is 1. The van der Waals surface area contributed by atoms with Crippen molar-refractivity contribution in [1.29, 1.82) is 0 Å². The second-order valence-electron chi connectivity index (χ2n) is 6.54. The van der Waals surface area contributed by atoms with Crippen LogP contribution in [0.15, 0.2) is 30.3 Å². The van der Waals surface area contributed by atoms with E-state index in [1.807, 2.05) is 30.3 Å². The minimum Gasteiger partial charge on any atom is -0.339 e. The van der Waals surface area contributed by atoms with Gasteiger partial charge in [-0.15, -0.1) is 0 Å². The van der Waals surface area contributed by atoms with Gasteiger partial charge < -0.3 is 10.6 Å². The lowest BCUT2D eigenvalue weighted by Crippen LogP contribution is -2.46. The van der Waals surface area contributed by atoms with Gasteiger partial charge in [-0.2, -0.15) is 0 Å². The van der Waals surface area contributed by atoms with E-state index >= 15 is 0 Å². The van der Waals surface area contributed by atoms with E-state index in [2.05, 4.69) is 4.90 Å². The lowest BCUT2D eigenvalue weighted by atomic mass is 9.91. The predicted molar refractivity (Wildman–Crippen MR) is 84.7 cm³/mol. The zero-order valence-corrected chi connectivity index (χ0v) is 12.7. The largest absolute Gasteiger partial charge is 0.339 e. The maximum Gasteiger partial charge on any atom is 0.222 e. The van der Waals surface area contributed by atoms with Crippen LogP contribution >= 0.6 is 0 Å². The van der Waals surface area contributed by atoms with Crippen molar-refractivity contribution in [3.63, 3.8) is 0 Å². The quantitative estimate of drug-likeness (QED) is 0.923. The summed E-state index contributed by atoms with van der Waals surface area (Å²) in [5, 5.41) is 0. The number of benzene rings is 1. The van der Waals surface area contributed by atoms with Gasteiger partial charge in [0, 0.05) is 25.0 Å². The van der Waals surface area contributed by atoms with Crippen LogP contribution in [0.2, 0.25) is 0 Å². The van der Waals surface area contributed by atoms with Crippen molar-refractivity contribution in [1.82, 2.24) is 4.90 Å². The normalized spacial score (nSPS) is 26.4. The maximum absolute atomic E-state index is 12.5. The maximum atomic E-state index is 12.5. The molecular weight excluding hydrogens is 260 g/mol. The van der Waals surface area contributed by atoms with E-state index in [1.165, 1.54) is 32.1 Å². The fraction of sp³-hybridized carbons (Fsp3) is 0.611. The molecule has 3 rings (SSSR count). The molecule has 2 N–H and O–H groups in total. The van der Waals surface area contributed by atoms with Gasteiger partial charge in [0.1, 0.15) is 0 Å². The van der Waals surface area contributed by atoms with Crippen LogP contribution in [-0.4, -0.2) is 23.4 Å². The molecule has 0 spiro atoms. The second kappa shape index (κ2) is 6.61. The Morgan fingerprint density at radius 1 is 1.19 bits per heavy atom. The molecule has 0 aromatic heterocycles. The molecule has 3 heteroatoms. The third kappa shape index (κ3) is 3.29. The van der Waals surface area contributed by atoms with Crippen molar-refractivity contribution in [2.45, 2.75) is 57.0 Å². The van der Waals surface area contributed by atoms with E-state index in [0.717, 1.165) is 24.4 Å². The highest BCUT2D eigenvalue weighted by molar-refractivity contribution is 5.76.